The van der Waals surface area contributed by atoms with Crippen LogP contribution in [0.3, 0.4) is 0 Å². The largest absolute Gasteiger partial charge is 0.346 e. The van der Waals surface area contributed by atoms with Crippen molar-refractivity contribution >= 4 is 73.9 Å². The van der Waals surface area contributed by atoms with Crippen molar-refractivity contribution in [3.63, 3.8) is 0 Å². The molecule has 1 aromatic carbocycles. The molecule has 3 nitrogen and oxygen atoms in total. The monoisotopic (exact) mass is 427 g/mol. The highest BCUT2D eigenvalue weighted by Crippen LogP contribution is 2.32. The fraction of sp³-hybridized carbons (Fsp3) is 0.0769. The maximum Gasteiger partial charge on any atom is 0.254 e. The minimum Gasteiger partial charge on any atom is -0.346 e. The van der Waals surface area contributed by atoms with Crippen LogP contribution in [0.15, 0.2) is 34.9 Å². The lowest BCUT2D eigenvalue weighted by Crippen LogP contribution is -2.19. The first kappa shape index (κ1) is 16.8. The molecular formula is C13H6BrCl4NO2. The maximum atomic E-state index is 12.4. The second kappa shape index (κ2) is 6.31. The number of nitrogens with one attached hydrogen (secondary N) is 1. The summed E-state index contributed by atoms with van der Waals surface area (Å²) in [6, 6.07) is 7.71. The zero-order valence-corrected chi connectivity index (χ0v) is 14.7. The molecule has 0 unspecified atom stereocenters. The quantitative estimate of drug-likeness (QED) is 0.537. The highest BCUT2D eigenvalue weighted by Gasteiger charge is 2.33. The zero-order chi connectivity index (χ0) is 15.8. The molecule has 0 spiro atoms. The number of halogens is 5. The minimum atomic E-state index is -2.09. The van der Waals surface area contributed by atoms with Crippen LogP contribution >= 0.6 is 62.3 Å². The number of carbonyl (C=O) groups excluding carboxylic acids is 2. The minimum absolute atomic E-state index is 0.0270. The lowest BCUT2D eigenvalue weighted by atomic mass is 10.1. The summed E-state index contributed by atoms with van der Waals surface area (Å²) < 4.78 is -1.76. The molecule has 0 saturated carbocycles. The third-order valence-electron chi connectivity index (χ3n) is 2.62. The van der Waals surface area contributed by atoms with Crippen molar-refractivity contribution in [3.05, 3.63) is 56.8 Å². The van der Waals surface area contributed by atoms with Gasteiger partial charge in [-0.15, -0.1) is 0 Å². The summed E-state index contributed by atoms with van der Waals surface area (Å²) in [5.74, 6) is -1.04. The van der Waals surface area contributed by atoms with Gasteiger partial charge in [0.1, 0.15) is 0 Å². The number of ketones is 2. The van der Waals surface area contributed by atoms with Gasteiger partial charge < -0.3 is 4.98 Å². The van der Waals surface area contributed by atoms with E-state index in [9.17, 15) is 9.59 Å². The van der Waals surface area contributed by atoms with Crippen LogP contribution in [-0.2, 0) is 0 Å². The second-order valence-electron chi connectivity index (χ2n) is 4.07. The molecule has 0 aliphatic carbocycles. The van der Waals surface area contributed by atoms with E-state index in [4.69, 9.17) is 46.4 Å². The molecule has 1 aromatic heterocycles. The van der Waals surface area contributed by atoms with Gasteiger partial charge in [0.15, 0.2) is 5.78 Å². The number of aromatic amines is 1. The Balaban J connectivity index is 2.37. The lowest BCUT2D eigenvalue weighted by Gasteiger charge is -2.06. The van der Waals surface area contributed by atoms with E-state index in [2.05, 4.69) is 20.9 Å². The summed E-state index contributed by atoms with van der Waals surface area (Å²) in [5, 5.41) is 0.520. The van der Waals surface area contributed by atoms with Crippen molar-refractivity contribution in [2.24, 2.45) is 0 Å². The molecule has 0 bridgehead atoms. The van der Waals surface area contributed by atoms with Crippen molar-refractivity contribution in [2.75, 3.05) is 0 Å². The van der Waals surface area contributed by atoms with Crippen LogP contribution < -0.4 is 0 Å². The van der Waals surface area contributed by atoms with Crippen molar-refractivity contribution < 1.29 is 9.59 Å². The van der Waals surface area contributed by atoms with E-state index in [1.54, 1.807) is 24.3 Å². The van der Waals surface area contributed by atoms with Gasteiger partial charge in [-0.25, -0.2) is 0 Å². The number of aromatic nitrogens is 1. The summed E-state index contributed by atoms with van der Waals surface area (Å²) in [6.07, 6.45) is 0. The average Bonchev–Trinajstić information content (AvgIpc) is 2.79. The van der Waals surface area contributed by atoms with E-state index >= 15 is 0 Å². The van der Waals surface area contributed by atoms with Crippen LogP contribution in [0.1, 0.15) is 26.4 Å². The predicted octanol–water partition coefficient (Wildman–Crippen LogP) is 5.21. The number of hydrogen-bond donors (Lipinski definition) is 1. The standard InChI is InChI=1S/C13H6BrCl4NO2/c14-12-8(5-9(19-12)11(21)13(16,17)18)10(20)6-1-3-7(15)4-2-6/h1-5,19H. The topological polar surface area (TPSA) is 49.9 Å². The van der Waals surface area contributed by atoms with Gasteiger partial charge in [0.2, 0.25) is 5.78 Å². The number of benzene rings is 1. The van der Waals surface area contributed by atoms with Crippen LogP contribution in [0, 0.1) is 0 Å². The maximum absolute atomic E-state index is 12.4. The van der Waals surface area contributed by atoms with E-state index in [-0.39, 0.29) is 17.0 Å². The van der Waals surface area contributed by atoms with E-state index in [0.29, 0.717) is 15.2 Å². The van der Waals surface area contributed by atoms with E-state index in [1.807, 2.05) is 0 Å². The Morgan fingerprint density at radius 1 is 1.10 bits per heavy atom. The number of rotatable bonds is 3. The van der Waals surface area contributed by atoms with Crippen LogP contribution in [-0.4, -0.2) is 20.3 Å². The summed E-state index contributed by atoms with van der Waals surface area (Å²) in [5.41, 5.74) is 0.709. The van der Waals surface area contributed by atoms with Gasteiger partial charge in [0.05, 0.1) is 15.9 Å². The molecule has 0 radical (unpaired) electrons. The van der Waals surface area contributed by atoms with Crippen LogP contribution in [0.25, 0.3) is 0 Å². The first-order chi connectivity index (χ1) is 9.70. The zero-order valence-electron chi connectivity index (χ0n) is 10.1. The molecule has 0 aliphatic rings. The fourth-order valence-corrected chi connectivity index (χ4v) is 2.57. The highest BCUT2D eigenvalue weighted by molar-refractivity contribution is 9.10. The second-order valence-corrected chi connectivity index (χ2v) is 7.58. The van der Waals surface area contributed by atoms with Gasteiger partial charge in [0, 0.05) is 10.6 Å². The molecule has 1 N–H and O–H groups in total. The van der Waals surface area contributed by atoms with Crippen molar-refractivity contribution in [2.45, 2.75) is 3.79 Å². The molecule has 0 fully saturated rings. The van der Waals surface area contributed by atoms with Crippen molar-refractivity contribution in [3.8, 4) is 0 Å². The molecule has 21 heavy (non-hydrogen) atoms. The Morgan fingerprint density at radius 3 is 2.19 bits per heavy atom. The third-order valence-corrected chi connectivity index (χ3v) is 4.02. The van der Waals surface area contributed by atoms with Gasteiger partial charge in [-0.1, -0.05) is 46.4 Å². The fourth-order valence-electron chi connectivity index (χ4n) is 1.63. The molecule has 8 heteroatoms. The SMILES string of the molecule is O=C(c1ccc(Cl)cc1)c1cc(C(=O)C(Cl)(Cl)Cl)[nH]c1Br. The third kappa shape index (κ3) is 3.82. The molecule has 2 aromatic rings. The Morgan fingerprint density at radius 2 is 1.67 bits per heavy atom. The number of alkyl halides is 3. The van der Waals surface area contributed by atoms with Crippen molar-refractivity contribution in [1.82, 2.24) is 4.98 Å². The molecule has 0 atom stereocenters. The molecule has 0 amide bonds. The molecule has 1 heterocycles. The highest BCUT2D eigenvalue weighted by atomic mass is 79.9. The number of carbonyl (C=O) groups is 2. The molecule has 2 rings (SSSR count). The Bertz CT molecular complexity index is 704. The van der Waals surface area contributed by atoms with Crippen molar-refractivity contribution in [1.29, 1.82) is 0 Å². The number of Topliss-reactive ketones (excluding diaryl/α,β-unsaturated/α-hetero) is 1. The number of hydrogen-bond acceptors (Lipinski definition) is 2. The van der Waals surface area contributed by atoms with Gasteiger partial charge in [-0.3, -0.25) is 9.59 Å². The average molecular weight is 430 g/mol. The number of H-pyrrole nitrogens is 1. The van der Waals surface area contributed by atoms with Crippen LogP contribution in [0.5, 0.6) is 0 Å². The molecular weight excluding hydrogens is 424 g/mol. The molecule has 0 aliphatic heterocycles. The van der Waals surface area contributed by atoms with E-state index in [1.165, 1.54) is 6.07 Å². The van der Waals surface area contributed by atoms with E-state index in [0.717, 1.165) is 0 Å². The van der Waals surface area contributed by atoms with Gasteiger partial charge in [0.25, 0.3) is 3.79 Å². The van der Waals surface area contributed by atoms with Crippen LogP contribution in [0.4, 0.5) is 0 Å². The summed E-state index contributed by atoms with van der Waals surface area (Å²) >= 11 is 25.6. The molecule has 110 valence electrons. The van der Waals surface area contributed by atoms with Crippen LogP contribution in [0.2, 0.25) is 5.02 Å². The van der Waals surface area contributed by atoms with Gasteiger partial charge >= 0.3 is 0 Å². The summed E-state index contributed by atoms with van der Waals surface area (Å²) in [6.45, 7) is 0. The Kier molecular flexibility index (Phi) is 5.06. The first-order valence-electron chi connectivity index (χ1n) is 5.50. The Labute approximate surface area is 148 Å². The van der Waals surface area contributed by atoms with Gasteiger partial charge in [-0.05, 0) is 46.3 Å². The summed E-state index contributed by atoms with van der Waals surface area (Å²) in [7, 11) is 0. The van der Waals surface area contributed by atoms with E-state index < -0.39 is 9.58 Å². The first-order valence-corrected chi connectivity index (χ1v) is 7.81. The summed E-state index contributed by atoms with van der Waals surface area (Å²) in [4.78, 5) is 26.9. The predicted molar refractivity (Wildman–Crippen MR) is 88.0 cm³/mol. The lowest BCUT2D eigenvalue weighted by molar-refractivity contribution is 0.0991. The normalized spacial score (nSPS) is 11.5. The molecule has 0 saturated heterocycles. The smallest absolute Gasteiger partial charge is 0.254 e. The van der Waals surface area contributed by atoms with Gasteiger partial charge in [-0.2, -0.15) is 0 Å². The Hall–Kier alpha value is -0.520.